The minimum Gasteiger partial charge on any atom is -0.335 e. The van der Waals surface area contributed by atoms with Crippen molar-refractivity contribution in [2.24, 2.45) is 5.73 Å². The van der Waals surface area contributed by atoms with Crippen molar-refractivity contribution in [3.8, 4) is 0 Å². The van der Waals surface area contributed by atoms with Crippen LogP contribution < -0.4 is 16.4 Å². The fourth-order valence-corrected chi connectivity index (χ4v) is 1.71. The molecule has 0 aliphatic heterocycles. The van der Waals surface area contributed by atoms with Gasteiger partial charge in [-0.05, 0) is 37.6 Å². The first-order valence-electron chi connectivity index (χ1n) is 6.31. The zero-order chi connectivity index (χ0) is 15.2. The molecular formula is C13H18F3N3O. The molecule has 0 aromatic heterocycles. The Balaban J connectivity index is 2.66. The molecular weight excluding hydrogens is 271 g/mol. The van der Waals surface area contributed by atoms with Crippen LogP contribution in [0.2, 0.25) is 0 Å². The number of carbonyl (C=O) groups is 1. The topological polar surface area (TPSA) is 67.1 Å². The predicted octanol–water partition coefficient (Wildman–Crippen LogP) is 2.95. The summed E-state index contributed by atoms with van der Waals surface area (Å²) in [5, 5.41) is 5.05. The van der Waals surface area contributed by atoms with E-state index >= 15 is 0 Å². The van der Waals surface area contributed by atoms with Crippen molar-refractivity contribution < 1.29 is 18.0 Å². The van der Waals surface area contributed by atoms with Gasteiger partial charge in [-0.2, -0.15) is 13.2 Å². The molecule has 0 aliphatic rings. The molecule has 0 saturated carbocycles. The number of anilines is 1. The Hall–Kier alpha value is -1.76. The van der Waals surface area contributed by atoms with Gasteiger partial charge in [0.25, 0.3) is 0 Å². The molecule has 0 aliphatic carbocycles. The first kappa shape index (κ1) is 16.3. The van der Waals surface area contributed by atoms with Crippen molar-refractivity contribution in [1.29, 1.82) is 0 Å². The molecule has 1 aromatic rings. The lowest BCUT2D eigenvalue weighted by Crippen LogP contribution is -2.38. The minimum absolute atomic E-state index is 0.0919. The maximum absolute atomic E-state index is 12.5. The van der Waals surface area contributed by atoms with E-state index in [0.717, 1.165) is 12.1 Å². The molecule has 4 nitrogen and oxygen atoms in total. The lowest BCUT2D eigenvalue weighted by Gasteiger charge is -2.17. The largest absolute Gasteiger partial charge is 0.416 e. The highest BCUT2D eigenvalue weighted by atomic mass is 19.4. The lowest BCUT2D eigenvalue weighted by atomic mass is 10.1. The zero-order valence-corrected chi connectivity index (χ0v) is 11.1. The number of hydrogen-bond acceptors (Lipinski definition) is 2. The summed E-state index contributed by atoms with van der Waals surface area (Å²) in [6, 6.07) is 3.86. The summed E-state index contributed by atoms with van der Waals surface area (Å²) in [5.74, 6) is 0. The van der Waals surface area contributed by atoms with Crippen LogP contribution in [-0.2, 0) is 6.18 Å². The van der Waals surface area contributed by atoms with E-state index in [4.69, 9.17) is 5.73 Å². The van der Waals surface area contributed by atoms with Gasteiger partial charge in [0.05, 0.1) is 5.56 Å². The number of urea groups is 1. The number of rotatable bonds is 5. The number of carbonyl (C=O) groups excluding carboxylic acids is 1. The number of hydrogen-bond donors (Lipinski definition) is 3. The summed E-state index contributed by atoms with van der Waals surface area (Å²) in [4.78, 5) is 11.7. The number of alkyl halides is 3. The Morgan fingerprint density at radius 3 is 2.65 bits per heavy atom. The third-order valence-corrected chi connectivity index (χ3v) is 2.79. The maximum Gasteiger partial charge on any atom is 0.416 e. The van der Waals surface area contributed by atoms with Crippen LogP contribution >= 0.6 is 0 Å². The first-order valence-corrected chi connectivity index (χ1v) is 6.31. The molecule has 0 heterocycles. The van der Waals surface area contributed by atoms with E-state index < -0.39 is 17.8 Å². The highest BCUT2D eigenvalue weighted by molar-refractivity contribution is 5.89. The Morgan fingerprint density at radius 2 is 2.10 bits per heavy atom. The standard InChI is InChI=1S/C13H18F3N3O/c1-2-10(6-7-17)18-12(20)19-11-5-3-4-9(8-11)13(14,15)16/h3-5,8,10H,2,6-7,17H2,1H3,(H2,18,19,20). The minimum atomic E-state index is -4.43. The van der Waals surface area contributed by atoms with Gasteiger partial charge in [-0.3, -0.25) is 0 Å². The van der Waals surface area contributed by atoms with E-state index in [9.17, 15) is 18.0 Å². The zero-order valence-electron chi connectivity index (χ0n) is 11.1. The summed E-state index contributed by atoms with van der Waals surface area (Å²) >= 11 is 0. The molecule has 1 atom stereocenters. The highest BCUT2D eigenvalue weighted by Gasteiger charge is 2.30. The SMILES string of the molecule is CCC(CCN)NC(=O)Nc1cccc(C(F)(F)F)c1. The first-order chi connectivity index (χ1) is 9.36. The molecule has 4 N–H and O–H groups in total. The van der Waals surface area contributed by atoms with Crippen LogP contribution in [0.4, 0.5) is 23.7 Å². The fraction of sp³-hybridized carbons (Fsp3) is 0.462. The molecule has 2 amide bonds. The van der Waals surface area contributed by atoms with E-state index in [-0.39, 0.29) is 11.7 Å². The molecule has 0 spiro atoms. The molecule has 0 saturated heterocycles. The van der Waals surface area contributed by atoms with Crippen LogP contribution in [0.15, 0.2) is 24.3 Å². The number of nitrogens with one attached hydrogen (secondary N) is 2. The molecule has 0 fully saturated rings. The number of halogens is 3. The monoisotopic (exact) mass is 289 g/mol. The third kappa shape index (κ3) is 5.08. The van der Waals surface area contributed by atoms with Crippen LogP contribution in [0.3, 0.4) is 0 Å². The van der Waals surface area contributed by atoms with Crippen molar-refractivity contribution in [2.45, 2.75) is 32.0 Å². The second kappa shape index (κ2) is 7.14. The van der Waals surface area contributed by atoms with Gasteiger partial charge in [-0.15, -0.1) is 0 Å². The van der Waals surface area contributed by atoms with Crippen molar-refractivity contribution in [3.63, 3.8) is 0 Å². The van der Waals surface area contributed by atoms with Crippen LogP contribution in [0.5, 0.6) is 0 Å². The van der Waals surface area contributed by atoms with Gasteiger partial charge in [0, 0.05) is 11.7 Å². The normalized spacial score (nSPS) is 12.8. The molecule has 7 heteroatoms. The van der Waals surface area contributed by atoms with E-state index in [1.807, 2.05) is 6.92 Å². The summed E-state index contributed by atoms with van der Waals surface area (Å²) in [6.07, 6.45) is -3.11. The third-order valence-electron chi connectivity index (χ3n) is 2.79. The van der Waals surface area contributed by atoms with Crippen molar-refractivity contribution in [2.75, 3.05) is 11.9 Å². The molecule has 112 valence electrons. The maximum atomic E-state index is 12.5. The van der Waals surface area contributed by atoms with E-state index in [0.29, 0.717) is 19.4 Å². The van der Waals surface area contributed by atoms with Crippen molar-refractivity contribution >= 4 is 11.7 Å². The molecule has 0 radical (unpaired) electrons. The van der Waals surface area contributed by atoms with Gasteiger partial charge < -0.3 is 16.4 Å². The summed E-state index contributed by atoms with van der Waals surface area (Å²) < 4.78 is 37.6. The molecule has 1 aromatic carbocycles. The Bertz CT molecular complexity index is 449. The quantitative estimate of drug-likeness (QED) is 0.780. The van der Waals surface area contributed by atoms with Crippen LogP contribution in [0.25, 0.3) is 0 Å². The Labute approximate surface area is 115 Å². The van der Waals surface area contributed by atoms with Gasteiger partial charge >= 0.3 is 12.2 Å². The van der Waals surface area contributed by atoms with Crippen LogP contribution in [-0.4, -0.2) is 18.6 Å². The lowest BCUT2D eigenvalue weighted by molar-refractivity contribution is -0.137. The van der Waals surface area contributed by atoms with Crippen molar-refractivity contribution in [3.05, 3.63) is 29.8 Å². The van der Waals surface area contributed by atoms with E-state index in [1.54, 1.807) is 0 Å². The highest BCUT2D eigenvalue weighted by Crippen LogP contribution is 2.30. The van der Waals surface area contributed by atoms with E-state index in [1.165, 1.54) is 12.1 Å². The molecule has 1 rings (SSSR count). The fourth-order valence-electron chi connectivity index (χ4n) is 1.71. The Kier molecular flexibility index (Phi) is 5.82. The summed E-state index contributed by atoms with van der Waals surface area (Å²) in [5.41, 5.74) is 4.70. The average molecular weight is 289 g/mol. The van der Waals surface area contributed by atoms with Crippen molar-refractivity contribution in [1.82, 2.24) is 5.32 Å². The van der Waals surface area contributed by atoms with E-state index in [2.05, 4.69) is 10.6 Å². The second-order valence-corrected chi connectivity index (χ2v) is 4.36. The van der Waals surface area contributed by atoms with Gasteiger partial charge in [0.15, 0.2) is 0 Å². The van der Waals surface area contributed by atoms with Crippen LogP contribution in [0.1, 0.15) is 25.3 Å². The smallest absolute Gasteiger partial charge is 0.335 e. The van der Waals surface area contributed by atoms with Gasteiger partial charge in [-0.1, -0.05) is 13.0 Å². The van der Waals surface area contributed by atoms with Gasteiger partial charge in [-0.25, -0.2) is 4.79 Å². The Morgan fingerprint density at radius 1 is 1.40 bits per heavy atom. The molecule has 0 bridgehead atoms. The number of nitrogens with two attached hydrogens (primary N) is 1. The molecule has 20 heavy (non-hydrogen) atoms. The number of amides is 2. The second-order valence-electron chi connectivity index (χ2n) is 4.36. The summed E-state index contributed by atoms with van der Waals surface area (Å²) in [6.45, 7) is 2.33. The average Bonchev–Trinajstić information content (AvgIpc) is 2.37. The van der Waals surface area contributed by atoms with Gasteiger partial charge in [0.2, 0.25) is 0 Å². The van der Waals surface area contributed by atoms with Gasteiger partial charge in [0.1, 0.15) is 0 Å². The van der Waals surface area contributed by atoms with Crippen LogP contribution in [0, 0.1) is 0 Å². The number of benzene rings is 1. The predicted molar refractivity (Wildman–Crippen MR) is 71.3 cm³/mol. The summed E-state index contributed by atoms with van der Waals surface area (Å²) in [7, 11) is 0. The molecule has 1 unspecified atom stereocenters.